The Kier molecular flexibility index (Phi) is 5.54. The van der Waals surface area contributed by atoms with Crippen molar-refractivity contribution >= 4 is 11.8 Å². The number of hydrogen-bond acceptors (Lipinski definition) is 2. The molecule has 0 heterocycles. The summed E-state index contributed by atoms with van der Waals surface area (Å²) in [7, 11) is 0. The van der Waals surface area contributed by atoms with Crippen molar-refractivity contribution in [1.29, 1.82) is 0 Å². The minimum absolute atomic E-state index is 0.266. The SMILES string of the molecule is Cc1cc(C)c(CC(N)CSC(C)C)c(C)c1. The van der Waals surface area contributed by atoms with Crippen LogP contribution in [0.25, 0.3) is 0 Å². The molecule has 1 aromatic rings. The van der Waals surface area contributed by atoms with E-state index in [0.29, 0.717) is 5.25 Å². The number of nitrogens with two attached hydrogens (primary N) is 1. The molecule has 0 saturated carbocycles. The molecule has 0 fully saturated rings. The molecule has 1 unspecified atom stereocenters. The van der Waals surface area contributed by atoms with E-state index < -0.39 is 0 Å². The lowest BCUT2D eigenvalue weighted by molar-refractivity contribution is 0.740. The largest absolute Gasteiger partial charge is 0.327 e. The second-order valence-corrected chi connectivity index (χ2v) is 6.83. The van der Waals surface area contributed by atoms with Gasteiger partial charge >= 0.3 is 0 Å². The molecule has 1 atom stereocenters. The Hall–Kier alpha value is -0.470. The Bertz CT molecular complexity index is 348. The first-order chi connectivity index (χ1) is 7.90. The van der Waals surface area contributed by atoms with E-state index >= 15 is 0 Å². The average molecular weight is 251 g/mol. The Morgan fingerprint density at radius 2 is 1.65 bits per heavy atom. The predicted octanol–water partition coefficient (Wildman–Crippen LogP) is 3.62. The molecular weight excluding hydrogens is 226 g/mol. The maximum Gasteiger partial charge on any atom is 0.0171 e. The summed E-state index contributed by atoms with van der Waals surface area (Å²) in [6.45, 7) is 11.0. The van der Waals surface area contributed by atoms with Crippen LogP contribution >= 0.6 is 11.8 Å². The first-order valence-electron chi connectivity index (χ1n) is 6.34. The lowest BCUT2D eigenvalue weighted by Crippen LogP contribution is -2.27. The van der Waals surface area contributed by atoms with Crippen LogP contribution in [0.15, 0.2) is 12.1 Å². The van der Waals surface area contributed by atoms with Gasteiger partial charge in [-0.15, -0.1) is 0 Å². The lowest BCUT2D eigenvalue weighted by atomic mass is 9.95. The van der Waals surface area contributed by atoms with Gasteiger partial charge in [0.15, 0.2) is 0 Å². The van der Waals surface area contributed by atoms with Gasteiger partial charge in [-0.3, -0.25) is 0 Å². The molecule has 0 aromatic heterocycles. The Morgan fingerprint density at radius 1 is 1.12 bits per heavy atom. The highest BCUT2D eigenvalue weighted by Gasteiger charge is 2.10. The number of benzene rings is 1. The maximum absolute atomic E-state index is 6.21. The molecule has 1 nitrogen and oxygen atoms in total. The van der Waals surface area contributed by atoms with Gasteiger partial charge in [0.25, 0.3) is 0 Å². The van der Waals surface area contributed by atoms with Gasteiger partial charge in [-0.05, 0) is 49.1 Å². The first kappa shape index (κ1) is 14.6. The van der Waals surface area contributed by atoms with Gasteiger partial charge in [0.1, 0.15) is 0 Å². The minimum Gasteiger partial charge on any atom is -0.327 e. The van der Waals surface area contributed by atoms with E-state index in [1.165, 1.54) is 22.3 Å². The summed E-state index contributed by atoms with van der Waals surface area (Å²) < 4.78 is 0. The molecule has 0 amide bonds. The van der Waals surface area contributed by atoms with Gasteiger partial charge in [0.05, 0.1) is 0 Å². The summed E-state index contributed by atoms with van der Waals surface area (Å²) in [5.74, 6) is 1.05. The van der Waals surface area contributed by atoms with Gasteiger partial charge in [0.2, 0.25) is 0 Å². The monoisotopic (exact) mass is 251 g/mol. The van der Waals surface area contributed by atoms with E-state index in [1.54, 1.807) is 0 Å². The molecule has 0 bridgehead atoms. The highest BCUT2D eigenvalue weighted by Crippen LogP contribution is 2.19. The van der Waals surface area contributed by atoms with E-state index in [2.05, 4.69) is 46.8 Å². The molecule has 0 aliphatic heterocycles. The van der Waals surface area contributed by atoms with E-state index in [4.69, 9.17) is 5.73 Å². The predicted molar refractivity (Wildman–Crippen MR) is 79.9 cm³/mol. The van der Waals surface area contributed by atoms with Crippen LogP contribution in [0.1, 0.15) is 36.1 Å². The molecule has 17 heavy (non-hydrogen) atoms. The second kappa shape index (κ2) is 6.46. The average Bonchev–Trinajstić information content (AvgIpc) is 2.20. The summed E-state index contributed by atoms with van der Waals surface area (Å²) in [6.07, 6.45) is 0.998. The Labute approximate surface area is 110 Å². The Balaban J connectivity index is 2.68. The van der Waals surface area contributed by atoms with Gasteiger partial charge < -0.3 is 5.73 Å². The van der Waals surface area contributed by atoms with Crippen molar-refractivity contribution in [3.8, 4) is 0 Å². The molecule has 0 spiro atoms. The summed E-state index contributed by atoms with van der Waals surface area (Å²) in [4.78, 5) is 0. The summed E-state index contributed by atoms with van der Waals surface area (Å²) >= 11 is 1.95. The van der Waals surface area contributed by atoms with Gasteiger partial charge in [0, 0.05) is 11.8 Å². The van der Waals surface area contributed by atoms with E-state index in [0.717, 1.165) is 12.2 Å². The zero-order valence-electron chi connectivity index (χ0n) is 11.7. The molecule has 1 aromatic carbocycles. The summed E-state index contributed by atoms with van der Waals surface area (Å²) in [5, 5.41) is 0.668. The normalized spacial score (nSPS) is 13.1. The van der Waals surface area contributed by atoms with Crippen molar-refractivity contribution in [2.45, 2.75) is 52.3 Å². The van der Waals surface area contributed by atoms with E-state index in [1.807, 2.05) is 11.8 Å². The molecule has 2 N–H and O–H groups in total. The van der Waals surface area contributed by atoms with Gasteiger partial charge in [-0.2, -0.15) is 11.8 Å². The first-order valence-corrected chi connectivity index (χ1v) is 7.39. The van der Waals surface area contributed by atoms with Crippen LogP contribution in [-0.4, -0.2) is 17.0 Å². The minimum atomic E-state index is 0.266. The van der Waals surface area contributed by atoms with Crippen LogP contribution in [-0.2, 0) is 6.42 Å². The van der Waals surface area contributed by atoms with Crippen LogP contribution < -0.4 is 5.73 Å². The lowest BCUT2D eigenvalue weighted by Gasteiger charge is -2.17. The molecule has 0 aliphatic rings. The van der Waals surface area contributed by atoms with Crippen molar-refractivity contribution in [1.82, 2.24) is 0 Å². The van der Waals surface area contributed by atoms with Gasteiger partial charge in [-0.25, -0.2) is 0 Å². The summed E-state index contributed by atoms with van der Waals surface area (Å²) in [5.41, 5.74) is 11.8. The van der Waals surface area contributed by atoms with Gasteiger partial charge in [-0.1, -0.05) is 31.5 Å². The Morgan fingerprint density at radius 3 is 2.12 bits per heavy atom. The molecule has 0 aliphatic carbocycles. The van der Waals surface area contributed by atoms with Crippen molar-refractivity contribution in [2.24, 2.45) is 5.73 Å². The number of rotatable bonds is 5. The molecule has 96 valence electrons. The van der Waals surface area contributed by atoms with Crippen LogP contribution in [0.3, 0.4) is 0 Å². The fourth-order valence-electron chi connectivity index (χ4n) is 2.17. The van der Waals surface area contributed by atoms with Crippen LogP contribution in [0.5, 0.6) is 0 Å². The van der Waals surface area contributed by atoms with Crippen molar-refractivity contribution < 1.29 is 0 Å². The highest BCUT2D eigenvalue weighted by atomic mass is 32.2. The quantitative estimate of drug-likeness (QED) is 0.865. The van der Waals surface area contributed by atoms with Crippen molar-refractivity contribution in [3.63, 3.8) is 0 Å². The number of aryl methyl sites for hydroxylation is 3. The van der Waals surface area contributed by atoms with E-state index in [-0.39, 0.29) is 6.04 Å². The fraction of sp³-hybridized carbons (Fsp3) is 0.600. The number of thioether (sulfide) groups is 1. The molecular formula is C15H25NS. The fourth-order valence-corrected chi connectivity index (χ4v) is 2.92. The van der Waals surface area contributed by atoms with Crippen LogP contribution in [0.2, 0.25) is 0 Å². The van der Waals surface area contributed by atoms with Crippen molar-refractivity contribution in [2.75, 3.05) is 5.75 Å². The third kappa shape index (κ3) is 4.72. The molecule has 2 heteroatoms. The second-order valence-electron chi connectivity index (χ2n) is 5.22. The molecule has 0 radical (unpaired) electrons. The zero-order valence-corrected chi connectivity index (χ0v) is 12.5. The highest BCUT2D eigenvalue weighted by molar-refractivity contribution is 7.99. The molecule has 0 saturated heterocycles. The van der Waals surface area contributed by atoms with Crippen molar-refractivity contribution in [3.05, 3.63) is 34.4 Å². The summed E-state index contributed by atoms with van der Waals surface area (Å²) in [6, 6.07) is 4.78. The zero-order chi connectivity index (χ0) is 13.0. The third-order valence-electron chi connectivity index (χ3n) is 2.95. The molecule has 1 rings (SSSR count). The van der Waals surface area contributed by atoms with E-state index in [9.17, 15) is 0 Å². The number of hydrogen-bond donors (Lipinski definition) is 1. The topological polar surface area (TPSA) is 26.0 Å². The maximum atomic E-state index is 6.21. The third-order valence-corrected chi connectivity index (χ3v) is 4.24. The smallest absolute Gasteiger partial charge is 0.0171 e. The van der Waals surface area contributed by atoms with Crippen LogP contribution in [0.4, 0.5) is 0 Å². The standard InChI is InChI=1S/C15H25NS/c1-10(2)17-9-14(16)8-15-12(4)6-11(3)7-13(15)5/h6-7,10,14H,8-9,16H2,1-5H3. The van der Waals surface area contributed by atoms with Crippen LogP contribution in [0, 0.1) is 20.8 Å².